The van der Waals surface area contributed by atoms with Crippen molar-refractivity contribution in [1.82, 2.24) is 4.98 Å². The lowest BCUT2D eigenvalue weighted by molar-refractivity contribution is 0.744. The summed E-state index contributed by atoms with van der Waals surface area (Å²) in [6, 6.07) is 8.59. The van der Waals surface area contributed by atoms with E-state index in [0.29, 0.717) is 0 Å². The Hall–Kier alpha value is -0.840. The maximum absolute atomic E-state index is 6.11. The molecule has 0 aliphatic rings. The van der Waals surface area contributed by atoms with Crippen molar-refractivity contribution in [3.8, 4) is 0 Å². The van der Waals surface area contributed by atoms with Gasteiger partial charge >= 0.3 is 0 Å². The summed E-state index contributed by atoms with van der Waals surface area (Å²) in [5.74, 6) is 0.935. The first-order chi connectivity index (χ1) is 8.25. The van der Waals surface area contributed by atoms with Crippen LogP contribution in [0.25, 0.3) is 0 Å². The zero-order valence-electron chi connectivity index (χ0n) is 9.80. The third kappa shape index (κ3) is 3.84. The van der Waals surface area contributed by atoms with Crippen LogP contribution in [-0.2, 0) is 6.42 Å². The Kier molecular flexibility index (Phi) is 4.59. The van der Waals surface area contributed by atoms with Gasteiger partial charge in [0.25, 0.3) is 0 Å². The molecule has 0 amide bonds. The maximum Gasteiger partial charge on any atom is 0.0940 e. The molecular weight excluding hydrogens is 248 g/mol. The SMILES string of the molecule is Cc1ccccc1SCC(N)Cc1nccs1. The van der Waals surface area contributed by atoms with Gasteiger partial charge in [0.05, 0.1) is 5.01 Å². The number of thiazole rings is 1. The third-order valence-corrected chi connectivity index (χ3v) is 4.63. The molecule has 0 saturated carbocycles. The molecule has 2 aromatic rings. The average molecular weight is 264 g/mol. The molecule has 2 nitrogen and oxygen atoms in total. The van der Waals surface area contributed by atoms with Crippen molar-refractivity contribution in [1.29, 1.82) is 0 Å². The molecule has 4 heteroatoms. The van der Waals surface area contributed by atoms with Crippen LogP contribution >= 0.6 is 23.1 Å². The second-order valence-corrected chi connectivity index (χ2v) is 6.01. The van der Waals surface area contributed by atoms with E-state index in [0.717, 1.165) is 17.2 Å². The molecule has 0 fully saturated rings. The van der Waals surface area contributed by atoms with Crippen LogP contribution in [-0.4, -0.2) is 16.8 Å². The summed E-state index contributed by atoms with van der Waals surface area (Å²) in [5.41, 5.74) is 7.43. The van der Waals surface area contributed by atoms with Gasteiger partial charge in [-0.3, -0.25) is 0 Å². The van der Waals surface area contributed by atoms with Crippen LogP contribution in [0.5, 0.6) is 0 Å². The molecule has 0 aliphatic carbocycles. The summed E-state index contributed by atoms with van der Waals surface area (Å²) in [5, 5.41) is 3.12. The Labute approximate surface area is 110 Å². The van der Waals surface area contributed by atoms with Crippen LogP contribution in [0.15, 0.2) is 40.7 Å². The summed E-state index contributed by atoms with van der Waals surface area (Å²) < 4.78 is 0. The van der Waals surface area contributed by atoms with E-state index >= 15 is 0 Å². The number of hydrogen-bond acceptors (Lipinski definition) is 4. The van der Waals surface area contributed by atoms with Gasteiger partial charge in [-0.05, 0) is 18.6 Å². The van der Waals surface area contributed by atoms with Gasteiger partial charge in [-0.2, -0.15) is 0 Å². The van der Waals surface area contributed by atoms with E-state index in [-0.39, 0.29) is 6.04 Å². The van der Waals surface area contributed by atoms with Crippen LogP contribution in [0.1, 0.15) is 10.6 Å². The standard InChI is InChI=1S/C13H16N2S2/c1-10-4-2-3-5-12(10)17-9-11(14)8-13-15-6-7-16-13/h2-7,11H,8-9,14H2,1H3. The molecule has 0 radical (unpaired) electrons. The molecular formula is C13H16N2S2. The molecule has 1 aromatic carbocycles. The summed E-state index contributed by atoms with van der Waals surface area (Å²) in [4.78, 5) is 5.58. The number of aromatic nitrogens is 1. The molecule has 2 N–H and O–H groups in total. The fraction of sp³-hybridized carbons (Fsp3) is 0.308. The minimum Gasteiger partial charge on any atom is -0.327 e. The minimum absolute atomic E-state index is 0.172. The predicted octanol–water partition coefficient (Wildman–Crippen LogP) is 3.11. The highest BCUT2D eigenvalue weighted by Crippen LogP contribution is 2.22. The van der Waals surface area contributed by atoms with Crippen molar-refractivity contribution in [2.45, 2.75) is 24.3 Å². The number of thioether (sulfide) groups is 1. The maximum atomic E-state index is 6.11. The van der Waals surface area contributed by atoms with E-state index in [1.807, 2.05) is 23.3 Å². The Balaban J connectivity index is 1.84. The van der Waals surface area contributed by atoms with Crippen molar-refractivity contribution in [2.75, 3.05) is 5.75 Å². The van der Waals surface area contributed by atoms with Crippen LogP contribution in [0, 0.1) is 6.92 Å². The van der Waals surface area contributed by atoms with Crippen molar-refractivity contribution >= 4 is 23.1 Å². The van der Waals surface area contributed by atoms with Gasteiger partial charge in [0.1, 0.15) is 0 Å². The van der Waals surface area contributed by atoms with Gasteiger partial charge in [0.15, 0.2) is 0 Å². The van der Waals surface area contributed by atoms with E-state index in [9.17, 15) is 0 Å². The molecule has 1 heterocycles. The number of rotatable bonds is 5. The molecule has 1 unspecified atom stereocenters. The molecule has 17 heavy (non-hydrogen) atoms. The van der Waals surface area contributed by atoms with Crippen LogP contribution in [0.4, 0.5) is 0 Å². The van der Waals surface area contributed by atoms with Gasteiger partial charge in [-0.1, -0.05) is 18.2 Å². The van der Waals surface area contributed by atoms with Crippen molar-refractivity contribution < 1.29 is 0 Å². The first-order valence-electron chi connectivity index (χ1n) is 5.58. The quantitative estimate of drug-likeness (QED) is 0.843. The average Bonchev–Trinajstić information content (AvgIpc) is 2.81. The lowest BCUT2D eigenvalue weighted by Gasteiger charge is -2.10. The lowest BCUT2D eigenvalue weighted by atomic mass is 10.2. The number of benzene rings is 1. The van der Waals surface area contributed by atoms with Gasteiger partial charge in [-0.15, -0.1) is 23.1 Å². The van der Waals surface area contributed by atoms with Crippen LogP contribution in [0.2, 0.25) is 0 Å². The van der Waals surface area contributed by atoms with Gasteiger partial charge < -0.3 is 5.73 Å². The minimum atomic E-state index is 0.172. The monoisotopic (exact) mass is 264 g/mol. The Morgan fingerprint density at radius 2 is 2.24 bits per heavy atom. The Morgan fingerprint density at radius 1 is 1.41 bits per heavy atom. The molecule has 0 bridgehead atoms. The van der Waals surface area contributed by atoms with Crippen LogP contribution < -0.4 is 5.73 Å². The molecule has 0 saturated heterocycles. The van der Waals surface area contributed by atoms with Crippen molar-refractivity contribution in [2.24, 2.45) is 5.73 Å². The van der Waals surface area contributed by atoms with Crippen LogP contribution in [0.3, 0.4) is 0 Å². The summed E-state index contributed by atoms with van der Waals surface area (Å²) in [6.45, 7) is 2.13. The van der Waals surface area contributed by atoms with Crippen molar-refractivity contribution in [3.05, 3.63) is 46.4 Å². The van der Waals surface area contributed by atoms with Gasteiger partial charge in [0.2, 0.25) is 0 Å². The highest BCUT2D eigenvalue weighted by atomic mass is 32.2. The zero-order valence-corrected chi connectivity index (χ0v) is 11.4. The summed E-state index contributed by atoms with van der Waals surface area (Å²) in [7, 11) is 0. The first kappa shape index (κ1) is 12.6. The Bertz CT molecular complexity index is 454. The fourth-order valence-electron chi connectivity index (χ4n) is 1.55. The number of aryl methyl sites for hydroxylation is 1. The highest BCUT2D eigenvalue weighted by molar-refractivity contribution is 7.99. The van der Waals surface area contributed by atoms with E-state index in [1.165, 1.54) is 10.5 Å². The predicted molar refractivity (Wildman–Crippen MR) is 75.7 cm³/mol. The second kappa shape index (κ2) is 6.19. The third-order valence-electron chi connectivity index (χ3n) is 2.47. The van der Waals surface area contributed by atoms with Crippen molar-refractivity contribution in [3.63, 3.8) is 0 Å². The summed E-state index contributed by atoms with van der Waals surface area (Å²) in [6.07, 6.45) is 2.71. The lowest BCUT2D eigenvalue weighted by Crippen LogP contribution is -2.25. The number of nitrogens with zero attached hydrogens (tertiary/aromatic N) is 1. The van der Waals surface area contributed by atoms with Gasteiger partial charge in [0, 0.05) is 34.7 Å². The fourth-order valence-corrected chi connectivity index (χ4v) is 3.24. The molecule has 1 atom stereocenters. The van der Waals surface area contributed by atoms with E-state index < -0.39 is 0 Å². The largest absolute Gasteiger partial charge is 0.327 e. The second-order valence-electron chi connectivity index (χ2n) is 3.97. The highest BCUT2D eigenvalue weighted by Gasteiger charge is 2.07. The zero-order chi connectivity index (χ0) is 12.1. The van der Waals surface area contributed by atoms with E-state index in [4.69, 9.17) is 5.73 Å². The topological polar surface area (TPSA) is 38.9 Å². The van der Waals surface area contributed by atoms with E-state index in [1.54, 1.807) is 11.3 Å². The molecule has 1 aromatic heterocycles. The smallest absolute Gasteiger partial charge is 0.0940 e. The summed E-state index contributed by atoms with van der Waals surface area (Å²) >= 11 is 3.50. The molecule has 2 rings (SSSR count). The molecule has 0 spiro atoms. The first-order valence-corrected chi connectivity index (χ1v) is 7.44. The van der Waals surface area contributed by atoms with Gasteiger partial charge in [-0.25, -0.2) is 4.98 Å². The molecule has 0 aliphatic heterocycles. The number of nitrogens with two attached hydrogens (primary N) is 1. The van der Waals surface area contributed by atoms with E-state index in [2.05, 4.69) is 36.2 Å². The number of hydrogen-bond donors (Lipinski definition) is 1. The Morgan fingerprint density at radius 3 is 2.94 bits per heavy atom. The normalized spacial score (nSPS) is 12.6. The molecule has 90 valence electrons.